The Morgan fingerprint density at radius 3 is 2.37 bits per heavy atom. The first-order chi connectivity index (χ1) is 8.90. The zero-order valence-corrected chi connectivity index (χ0v) is 12.2. The maximum absolute atomic E-state index is 4.65. The highest BCUT2D eigenvalue weighted by Gasteiger charge is 2.18. The minimum absolute atomic E-state index is 0.0207. The van der Waals surface area contributed by atoms with Crippen LogP contribution in [-0.2, 0) is 5.41 Å². The van der Waals surface area contributed by atoms with Crippen LogP contribution in [0.2, 0.25) is 0 Å². The summed E-state index contributed by atoms with van der Waals surface area (Å²) in [6, 6.07) is 7.87. The third-order valence-electron chi connectivity index (χ3n) is 2.87. The quantitative estimate of drug-likeness (QED) is 0.896. The Balaban J connectivity index is 2.57. The van der Waals surface area contributed by atoms with Crippen molar-refractivity contribution in [1.29, 1.82) is 0 Å². The number of anilines is 1. The van der Waals surface area contributed by atoms with Gasteiger partial charge in [-0.3, -0.25) is 0 Å². The summed E-state index contributed by atoms with van der Waals surface area (Å²) in [6.07, 6.45) is 0. The van der Waals surface area contributed by atoms with Crippen molar-refractivity contribution in [3.05, 3.63) is 35.7 Å². The van der Waals surface area contributed by atoms with Gasteiger partial charge in [-0.05, 0) is 19.1 Å². The number of pyridine rings is 1. The van der Waals surface area contributed by atoms with Gasteiger partial charge in [0.1, 0.15) is 11.5 Å². The van der Waals surface area contributed by atoms with Gasteiger partial charge in [0.2, 0.25) is 0 Å². The van der Waals surface area contributed by atoms with E-state index in [-0.39, 0.29) is 5.41 Å². The maximum atomic E-state index is 4.65. The first-order valence-corrected chi connectivity index (χ1v) is 6.41. The molecule has 4 nitrogen and oxygen atoms in total. The summed E-state index contributed by atoms with van der Waals surface area (Å²) >= 11 is 0. The number of rotatable bonds is 2. The molecule has 2 aromatic rings. The van der Waals surface area contributed by atoms with E-state index >= 15 is 0 Å². The van der Waals surface area contributed by atoms with Gasteiger partial charge in [0, 0.05) is 24.2 Å². The lowest BCUT2D eigenvalue weighted by molar-refractivity contribution is 0.568. The lowest BCUT2D eigenvalue weighted by atomic mass is 9.92. The standard InChI is InChI=1S/C15H20N4/c1-10-7-6-8-11(17-10)14-18-12(15(2,3)4)9-13(16-5)19-14/h6-9H,1-5H3,(H,16,18,19). The normalized spacial score (nSPS) is 11.4. The molecule has 0 saturated carbocycles. The molecule has 100 valence electrons. The van der Waals surface area contributed by atoms with Gasteiger partial charge in [-0.1, -0.05) is 26.8 Å². The second-order valence-electron chi connectivity index (χ2n) is 5.63. The minimum atomic E-state index is -0.0207. The Bertz CT molecular complexity index is 585. The fraction of sp³-hybridized carbons (Fsp3) is 0.400. The SMILES string of the molecule is CNc1cc(C(C)(C)C)nc(-c2cccc(C)n2)n1. The summed E-state index contributed by atoms with van der Waals surface area (Å²) in [5.41, 5.74) is 2.76. The molecule has 0 aromatic carbocycles. The molecule has 0 amide bonds. The summed E-state index contributed by atoms with van der Waals surface area (Å²) in [5, 5.41) is 3.09. The lowest BCUT2D eigenvalue weighted by Crippen LogP contribution is -2.15. The molecule has 0 unspecified atom stereocenters. The van der Waals surface area contributed by atoms with Gasteiger partial charge in [-0.15, -0.1) is 0 Å². The summed E-state index contributed by atoms with van der Waals surface area (Å²) in [7, 11) is 1.86. The number of aromatic nitrogens is 3. The highest BCUT2D eigenvalue weighted by atomic mass is 15.0. The van der Waals surface area contributed by atoms with E-state index in [2.05, 4.69) is 41.0 Å². The van der Waals surface area contributed by atoms with Gasteiger partial charge in [0.25, 0.3) is 0 Å². The van der Waals surface area contributed by atoms with Crippen molar-refractivity contribution in [1.82, 2.24) is 15.0 Å². The third kappa shape index (κ3) is 3.08. The van der Waals surface area contributed by atoms with Crippen LogP contribution in [0.5, 0.6) is 0 Å². The van der Waals surface area contributed by atoms with Crippen LogP contribution in [0, 0.1) is 6.92 Å². The maximum Gasteiger partial charge on any atom is 0.180 e. The van der Waals surface area contributed by atoms with Gasteiger partial charge < -0.3 is 5.32 Å². The van der Waals surface area contributed by atoms with Crippen LogP contribution in [0.1, 0.15) is 32.2 Å². The lowest BCUT2D eigenvalue weighted by Gasteiger charge is -2.19. The van der Waals surface area contributed by atoms with Crippen molar-refractivity contribution < 1.29 is 0 Å². The van der Waals surface area contributed by atoms with Gasteiger partial charge in [0.15, 0.2) is 5.82 Å². The second kappa shape index (κ2) is 4.96. The average molecular weight is 256 g/mol. The fourth-order valence-electron chi connectivity index (χ4n) is 1.74. The van der Waals surface area contributed by atoms with Crippen LogP contribution in [0.3, 0.4) is 0 Å². The molecular weight excluding hydrogens is 236 g/mol. The zero-order chi connectivity index (χ0) is 14.0. The zero-order valence-electron chi connectivity index (χ0n) is 12.2. The molecule has 0 saturated heterocycles. The predicted molar refractivity (Wildman–Crippen MR) is 78.2 cm³/mol. The molecule has 0 radical (unpaired) electrons. The molecule has 19 heavy (non-hydrogen) atoms. The first-order valence-electron chi connectivity index (χ1n) is 6.41. The largest absolute Gasteiger partial charge is 0.373 e. The number of nitrogens with zero attached hydrogens (tertiary/aromatic N) is 3. The molecule has 2 heterocycles. The Morgan fingerprint density at radius 2 is 1.79 bits per heavy atom. The van der Waals surface area contributed by atoms with Crippen LogP contribution in [0.25, 0.3) is 11.5 Å². The van der Waals surface area contributed by atoms with Crippen LogP contribution in [0.15, 0.2) is 24.3 Å². The summed E-state index contributed by atoms with van der Waals surface area (Å²) in [6.45, 7) is 8.39. The van der Waals surface area contributed by atoms with Gasteiger partial charge >= 0.3 is 0 Å². The Hall–Kier alpha value is -1.97. The molecule has 0 bridgehead atoms. The molecule has 0 atom stereocenters. The Kier molecular flexibility index (Phi) is 3.51. The molecule has 0 fully saturated rings. The summed E-state index contributed by atoms with van der Waals surface area (Å²) < 4.78 is 0. The fourth-order valence-corrected chi connectivity index (χ4v) is 1.74. The van der Waals surface area contributed by atoms with Gasteiger partial charge in [-0.2, -0.15) is 0 Å². The van der Waals surface area contributed by atoms with Crippen LogP contribution in [0.4, 0.5) is 5.82 Å². The van der Waals surface area contributed by atoms with Gasteiger partial charge in [-0.25, -0.2) is 15.0 Å². The van der Waals surface area contributed by atoms with Crippen molar-refractivity contribution >= 4 is 5.82 Å². The van der Waals surface area contributed by atoms with Gasteiger partial charge in [0.05, 0.1) is 5.69 Å². The molecular formula is C15H20N4. The summed E-state index contributed by atoms with van der Waals surface area (Å²) in [5.74, 6) is 1.48. The topological polar surface area (TPSA) is 50.7 Å². The first kappa shape index (κ1) is 13.5. The highest BCUT2D eigenvalue weighted by Crippen LogP contribution is 2.25. The monoisotopic (exact) mass is 256 g/mol. The second-order valence-corrected chi connectivity index (χ2v) is 5.63. The average Bonchev–Trinajstić information content (AvgIpc) is 2.37. The highest BCUT2D eigenvalue weighted by molar-refractivity contribution is 5.53. The van der Waals surface area contributed by atoms with Crippen LogP contribution < -0.4 is 5.32 Å². The molecule has 0 spiro atoms. The van der Waals surface area contributed by atoms with E-state index in [1.54, 1.807) is 0 Å². The summed E-state index contributed by atoms with van der Waals surface area (Å²) in [4.78, 5) is 13.6. The number of hydrogen-bond donors (Lipinski definition) is 1. The predicted octanol–water partition coefficient (Wildman–Crippen LogP) is 3.19. The van der Waals surface area contributed by atoms with Crippen molar-refractivity contribution in [2.75, 3.05) is 12.4 Å². The molecule has 2 aromatic heterocycles. The van der Waals surface area contributed by atoms with Crippen LogP contribution in [-0.4, -0.2) is 22.0 Å². The molecule has 0 aliphatic heterocycles. The number of nitrogens with one attached hydrogen (secondary N) is 1. The van der Waals surface area contributed by atoms with E-state index in [0.29, 0.717) is 5.82 Å². The van der Waals surface area contributed by atoms with Crippen molar-refractivity contribution in [3.8, 4) is 11.5 Å². The molecule has 0 aliphatic rings. The van der Waals surface area contributed by atoms with E-state index in [0.717, 1.165) is 22.9 Å². The third-order valence-corrected chi connectivity index (χ3v) is 2.87. The van der Waals surface area contributed by atoms with Crippen LogP contribution >= 0.6 is 0 Å². The van der Waals surface area contributed by atoms with Crippen molar-refractivity contribution in [2.45, 2.75) is 33.1 Å². The molecule has 1 N–H and O–H groups in total. The Morgan fingerprint density at radius 1 is 1.05 bits per heavy atom. The Labute approximate surface area is 114 Å². The minimum Gasteiger partial charge on any atom is -0.373 e. The smallest absolute Gasteiger partial charge is 0.180 e. The molecule has 0 aliphatic carbocycles. The van der Waals surface area contributed by atoms with Crippen molar-refractivity contribution in [2.24, 2.45) is 0 Å². The van der Waals surface area contributed by atoms with Crippen molar-refractivity contribution in [3.63, 3.8) is 0 Å². The van der Waals surface area contributed by atoms with E-state index in [1.165, 1.54) is 0 Å². The van der Waals surface area contributed by atoms with E-state index in [1.807, 2.05) is 38.2 Å². The van der Waals surface area contributed by atoms with E-state index in [9.17, 15) is 0 Å². The van der Waals surface area contributed by atoms with E-state index in [4.69, 9.17) is 0 Å². The van der Waals surface area contributed by atoms with E-state index < -0.39 is 0 Å². The molecule has 2 rings (SSSR count). The number of aryl methyl sites for hydroxylation is 1. The molecule has 4 heteroatoms. The number of hydrogen-bond acceptors (Lipinski definition) is 4.